The van der Waals surface area contributed by atoms with Crippen molar-refractivity contribution in [3.05, 3.63) is 23.4 Å². The van der Waals surface area contributed by atoms with E-state index in [0.717, 1.165) is 0 Å². The first-order valence-electron chi connectivity index (χ1n) is 4.49. The quantitative estimate of drug-likeness (QED) is 0.744. The van der Waals surface area contributed by atoms with E-state index < -0.39 is 5.97 Å². The van der Waals surface area contributed by atoms with Gasteiger partial charge in [0.2, 0.25) is 5.88 Å². The van der Waals surface area contributed by atoms with Crippen LogP contribution in [-0.4, -0.2) is 38.1 Å². The maximum absolute atomic E-state index is 11.4. The lowest BCUT2D eigenvalue weighted by Crippen LogP contribution is -2.19. The standard InChI is InChI=1S/C10H12N2O4/c1-11-8(13)6-4-5-7(10(14)16-3)12-9(6)15-2/h4-5H,1-3H3,(H,11,13). The summed E-state index contributed by atoms with van der Waals surface area (Å²) in [6.07, 6.45) is 0. The minimum Gasteiger partial charge on any atom is -0.480 e. The number of esters is 1. The highest BCUT2D eigenvalue weighted by molar-refractivity contribution is 5.97. The lowest BCUT2D eigenvalue weighted by molar-refractivity contribution is 0.0592. The molecule has 1 N–H and O–H groups in total. The highest BCUT2D eigenvalue weighted by atomic mass is 16.5. The molecule has 1 rings (SSSR count). The monoisotopic (exact) mass is 224 g/mol. The van der Waals surface area contributed by atoms with Crippen molar-refractivity contribution in [2.24, 2.45) is 0 Å². The van der Waals surface area contributed by atoms with Gasteiger partial charge in [-0.3, -0.25) is 4.79 Å². The largest absolute Gasteiger partial charge is 0.480 e. The molecule has 0 aliphatic rings. The third kappa shape index (κ3) is 2.28. The molecule has 1 aromatic rings. The molecular weight excluding hydrogens is 212 g/mol. The molecule has 0 saturated heterocycles. The lowest BCUT2D eigenvalue weighted by Gasteiger charge is -2.07. The van der Waals surface area contributed by atoms with Gasteiger partial charge in [0.1, 0.15) is 5.56 Å². The molecule has 0 radical (unpaired) electrons. The Morgan fingerprint density at radius 2 is 2.00 bits per heavy atom. The van der Waals surface area contributed by atoms with Crippen LogP contribution in [-0.2, 0) is 4.74 Å². The topological polar surface area (TPSA) is 77.5 Å². The van der Waals surface area contributed by atoms with E-state index >= 15 is 0 Å². The van der Waals surface area contributed by atoms with Crippen LogP contribution in [0.1, 0.15) is 20.8 Å². The molecule has 0 spiro atoms. The van der Waals surface area contributed by atoms with Gasteiger partial charge in [0, 0.05) is 7.05 Å². The van der Waals surface area contributed by atoms with Crippen molar-refractivity contribution in [2.45, 2.75) is 0 Å². The zero-order valence-corrected chi connectivity index (χ0v) is 9.23. The average molecular weight is 224 g/mol. The number of amides is 1. The highest BCUT2D eigenvalue weighted by Gasteiger charge is 2.16. The van der Waals surface area contributed by atoms with Crippen LogP contribution in [0.25, 0.3) is 0 Å². The average Bonchev–Trinajstić information content (AvgIpc) is 2.35. The summed E-state index contributed by atoms with van der Waals surface area (Å²) in [7, 11) is 4.12. The number of rotatable bonds is 3. The smallest absolute Gasteiger partial charge is 0.356 e. The van der Waals surface area contributed by atoms with E-state index in [1.807, 2.05) is 0 Å². The Hall–Kier alpha value is -2.11. The zero-order chi connectivity index (χ0) is 12.1. The predicted molar refractivity (Wildman–Crippen MR) is 55.5 cm³/mol. The summed E-state index contributed by atoms with van der Waals surface area (Å²) in [5, 5.41) is 2.44. The van der Waals surface area contributed by atoms with Crippen molar-refractivity contribution in [3.63, 3.8) is 0 Å². The van der Waals surface area contributed by atoms with Gasteiger partial charge in [0.15, 0.2) is 5.69 Å². The second-order valence-electron chi connectivity index (χ2n) is 2.82. The van der Waals surface area contributed by atoms with Gasteiger partial charge in [-0.05, 0) is 12.1 Å². The Balaban J connectivity index is 3.16. The van der Waals surface area contributed by atoms with Gasteiger partial charge < -0.3 is 14.8 Å². The Bertz CT molecular complexity index is 417. The molecular formula is C10H12N2O4. The molecule has 86 valence electrons. The first kappa shape index (κ1) is 12.0. The van der Waals surface area contributed by atoms with Crippen molar-refractivity contribution < 1.29 is 19.1 Å². The molecule has 6 heteroatoms. The molecule has 1 amide bonds. The molecule has 0 bridgehead atoms. The highest BCUT2D eigenvalue weighted by Crippen LogP contribution is 2.16. The number of hydrogen-bond acceptors (Lipinski definition) is 5. The predicted octanol–water partition coefficient (Wildman–Crippen LogP) is 0.236. The van der Waals surface area contributed by atoms with E-state index in [0.29, 0.717) is 0 Å². The fourth-order valence-electron chi connectivity index (χ4n) is 1.12. The number of nitrogens with zero attached hydrogens (tertiary/aromatic N) is 1. The van der Waals surface area contributed by atoms with E-state index in [4.69, 9.17) is 4.74 Å². The second-order valence-corrected chi connectivity index (χ2v) is 2.82. The molecule has 0 aliphatic heterocycles. The van der Waals surface area contributed by atoms with Crippen molar-refractivity contribution in [1.82, 2.24) is 10.3 Å². The molecule has 1 heterocycles. The fraction of sp³-hybridized carbons (Fsp3) is 0.300. The van der Waals surface area contributed by atoms with Crippen molar-refractivity contribution in [1.29, 1.82) is 0 Å². The second kappa shape index (κ2) is 5.11. The number of hydrogen-bond donors (Lipinski definition) is 1. The molecule has 1 aromatic heterocycles. The number of methoxy groups -OCH3 is 2. The normalized spacial score (nSPS) is 9.44. The van der Waals surface area contributed by atoms with Gasteiger partial charge in [-0.1, -0.05) is 0 Å². The molecule has 0 atom stereocenters. The first-order valence-corrected chi connectivity index (χ1v) is 4.49. The van der Waals surface area contributed by atoms with Crippen molar-refractivity contribution in [3.8, 4) is 5.88 Å². The number of carbonyl (C=O) groups excluding carboxylic acids is 2. The summed E-state index contributed by atoms with van der Waals surface area (Å²) in [6.45, 7) is 0. The SMILES string of the molecule is CNC(=O)c1ccc(C(=O)OC)nc1OC. The fourth-order valence-corrected chi connectivity index (χ4v) is 1.12. The Morgan fingerprint density at radius 1 is 1.31 bits per heavy atom. The Labute approximate surface area is 92.6 Å². The van der Waals surface area contributed by atoms with Crippen LogP contribution in [0.4, 0.5) is 0 Å². The van der Waals surface area contributed by atoms with Crippen LogP contribution in [0.3, 0.4) is 0 Å². The van der Waals surface area contributed by atoms with Gasteiger partial charge in [-0.15, -0.1) is 0 Å². The van der Waals surface area contributed by atoms with Gasteiger partial charge in [0.25, 0.3) is 5.91 Å². The molecule has 0 saturated carbocycles. The van der Waals surface area contributed by atoms with E-state index in [9.17, 15) is 9.59 Å². The lowest BCUT2D eigenvalue weighted by atomic mass is 10.2. The Morgan fingerprint density at radius 3 is 2.50 bits per heavy atom. The van der Waals surface area contributed by atoms with Crippen LogP contribution in [0.15, 0.2) is 12.1 Å². The van der Waals surface area contributed by atoms with Gasteiger partial charge in [-0.25, -0.2) is 9.78 Å². The third-order valence-corrected chi connectivity index (χ3v) is 1.92. The minimum atomic E-state index is -0.582. The van der Waals surface area contributed by atoms with Crippen LogP contribution < -0.4 is 10.1 Å². The van der Waals surface area contributed by atoms with Crippen molar-refractivity contribution >= 4 is 11.9 Å². The Kier molecular flexibility index (Phi) is 3.82. The number of nitrogens with one attached hydrogen (secondary N) is 1. The molecule has 0 unspecified atom stereocenters. The van der Waals surface area contributed by atoms with Gasteiger partial charge >= 0.3 is 5.97 Å². The number of aromatic nitrogens is 1. The maximum Gasteiger partial charge on any atom is 0.356 e. The third-order valence-electron chi connectivity index (χ3n) is 1.92. The molecule has 0 aliphatic carbocycles. The van der Waals surface area contributed by atoms with E-state index in [-0.39, 0.29) is 23.0 Å². The van der Waals surface area contributed by atoms with Crippen LogP contribution >= 0.6 is 0 Å². The molecule has 0 aromatic carbocycles. The van der Waals surface area contributed by atoms with Crippen LogP contribution in [0.5, 0.6) is 5.88 Å². The van der Waals surface area contributed by atoms with E-state index in [1.165, 1.54) is 33.4 Å². The van der Waals surface area contributed by atoms with E-state index in [2.05, 4.69) is 15.0 Å². The summed E-state index contributed by atoms with van der Waals surface area (Å²) >= 11 is 0. The van der Waals surface area contributed by atoms with Gasteiger partial charge in [-0.2, -0.15) is 0 Å². The number of carbonyl (C=O) groups is 2. The number of ether oxygens (including phenoxy) is 2. The van der Waals surface area contributed by atoms with Crippen LogP contribution in [0, 0.1) is 0 Å². The summed E-state index contributed by atoms with van der Waals surface area (Å²) in [6, 6.07) is 2.86. The van der Waals surface area contributed by atoms with Crippen LogP contribution in [0.2, 0.25) is 0 Å². The minimum absolute atomic E-state index is 0.0854. The molecule has 6 nitrogen and oxygen atoms in total. The first-order chi connectivity index (χ1) is 7.63. The van der Waals surface area contributed by atoms with Gasteiger partial charge in [0.05, 0.1) is 14.2 Å². The van der Waals surface area contributed by atoms with Crippen molar-refractivity contribution in [2.75, 3.05) is 21.3 Å². The zero-order valence-electron chi connectivity index (χ0n) is 9.23. The number of pyridine rings is 1. The summed E-state index contributed by atoms with van der Waals surface area (Å²) in [5.41, 5.74) is 0.352. The summed E-state index contributed by atoms with van der Waals surface area (Å²) in [5.74, 6) is -0.829. The molecule has 0 fully saturated rings. The summed E-state index contributed by atoms with van der Waals surface area (Å²) in [4.78, 5) is 26.5. The maximum atomic E-state index is 11.4. The molecule has 16 heavy (non-hydrogen) atoms. The van der Waals surface area contributed by atoms with E-state index in [1.54, 1.807) is 0 Å². The summed E-state index contributed by atoms with van der Waals surface area (Å²) < 4.78 is 9.43.